The van der Waals surface area contributed by atoms with Crippen molar-refractivity contribution in [3.05, 3.63) is 52.7 Å². The van der Waals surface area contributed by atoms with Crippen LogP contribution in [0.1, 0.15) is 24.0 Å². The molecule has 1 saturated heterocycles. The predicted molar refractivity (Wildman–Crippen MR) is 114 cm³/mol. The van der Waals surface area contributed by atoms with Crippen LogP contribution in [0.25, 0.3) is 0 Å². The Hall–Kier alpha value is -2.26. The molecule has 0 atom stereocenters. The number of carbonyl (C=O) groups excluding carboxylic acids is 2. The first-order valence-electron chi connectivity index (χ1n) is 9.64. The van der Waals surface area contributed by atoms with Crippen molar-refractivity contribution in [1.29, 1.82) is 0 Å². The number of nitrogens with zero attached hydrogens (tertiary/aromatic N) is 2. The highest BCUT2D eigenvalue weighted by atomic mass is 35.5. The normalized spacial score (nSPS) is 15.1. The number of aryl methyl sites for hydroxylation is 1. The summed E-state index contributed by atoms with van der Waals surface area (Å²) in [7, 11) is 0. The van der Waals surface area contributed by atoms with E-state index >= 15 is 0 Å². The van der Waals surface area contributed by atoms with E-state index in [2.05, 4.69) is 10.3 Å². The van der Waals surface area contributed by atoms with E-state index in [1.165, 1.54) is 0 Å². The van der Waals surface area contributed by atoms with Crippen LogP contribution in [0.15, 0.2) is 41.6 Å². The van der Waals surface area contributed by atoms with Gasteiger partial charge in [0.15, 0.2) is 0 Å². The average Bonchev–Trinajstić information content (AvgIpc) is 2.73. The number of likely N-dealkylation sites (tertiary alicyclic amines) is 1. The Labute approximate surface area is 187 Å². The molecule has 0 unspecified atom stereocenters. The zero-order chi connectivity index (χ0) is 22.6. The van der Waals surface area contributed by atoms with Crippen LogP contribution in [0.3, 0.4) is 0 Å². The summed E-state index contributed by atoms with van der Waals surface area (Å²) in [5, 5.41) is 2.94. The smallest absolute Gasteiger partial charge is 0.342 e. The molecule has 0 radical (unpaired) electrons. The van der Waals surface area contributed by atoms with E-state index in [1.54, 1.807) is 4.90 Å². The molecule has 1 aromatic carbocycles. The lowest BCUT2D eigenvalue weighted by Crippen LogP contribution is -2.42. The Morgan fingerprint density at radius 1 is 1.23 bits per heavy atom. The fourth-order valence-corrected chi connectivity index (χ4v) is 4.28. The maximum Gasteiger partial charge on any atom is 0.417 e. The third kappa shape index (κ3) is 6.36. The first-order chi connectivity index (χ1) is 14.6. The molecule has 1 aromatic heterocycles. The van der Waals surface area contributed by atoms with Crippen molar-refractivity contribution >= 4 is 40.9 Å². The number of carbonyl (C=O) groups is 2. The molecule has 2 heterocycles. The number of alkyl halides is 3. The summed E-state index contributed by atoms with van der Waals surface area (Å²) in [4.78, 5) is 30.3. The number of aromatic nitrogens is 1. The molecule has 2 amide bonds. The van der Waals surface area contributed by atoms with Crippen LogP contribution >= 0.6 is 23.4 Å². The minimum absolute atomic E-state index is 0.0122. The van der Waals surface area contributed by atoms with E-state index in [0.717, 1.165) is 29.1 Å². The van der Waals surface area contributed by atoms with Gasteiger partial charge in [0.25, 0.3) is 0 Å². The molecule has 1 N–H and O–H groups in total. The van der Waals surface area contributed by atoms with Crippen LogP contribution in [-0.2, 0) is 15.8 Å². The number of piperidine rings is 1. The second-order valence-electron chi connectivity index (χ2n) is 7.31. The molecule has 3 rings (SSSR count). The summed E-state index contributed by atoms with van der Waals surface area (Å²) in [6.07, 6.45) is -2.72. The largest absolute Gasteiger partial charge is 0.417 e. The Kier molecular flexibility index (Phi) is 7.48. The van der Waals surface area contributed by atoms with Gasteiger partial charge in [-0.25, -0.2) is 4.98 Å². The first-order valence-corrected chi connectivity index (χ1v) is 11.0. The Balaban J connectivity index is 1.47. The van der Waals surface area contributed by atoms with Gasteiger partial charge in [-0.05, 0) is 38.0 Å². The predicted octanol–water partition coefficient (Wildman–Crippen LogP) is 5.03. The molecular formula is C21H21ClF3N3O2S. The number of pyridine rings is 1. The Morgan fingerprint density at radius 3 is 2.45 bits per heavy atom. The monoisotopic (exact) mass is 471 g/mol. The number of thioether (sulfide) groups is 1. The molecule has 31 heavy (non-hydrogen) atoms. The van der Waals surface area contributed by atoms with E-state index in [0.29, 0.717) is 32.1 Å². The molecule has 0 aliphatic carbocycles. The molecule has 0 spiro atoms. The first kappa shape index (κ1) is 23.4. The van der Waals surface area contributed by atoms with Crippen molar-refractivity contribution in [2.45, 2.75) is 31.0 Å². The molecule has 5 nitrogen and oxygen atoms in total. The topological polar surface area (TPSA) is 62.3 Å². The summed E-state index contributed by atoms with van der Waals surface area (Å²) in [6.45, 7) is 2.86. The van der Waals surface area contributed by atoms with E-state index in [9.17, 15) is 22.8 Å². The molecule has 0 saturated carbocycles. The van der Waals surface area contributed by atoms with Crippen molar-refractivity contribution in [3.8, 4) is 0 Å². The fraction of sp³-hybridized carbons (Fsp3) is 0.381. The van der Waals surface area contributed by atoms with E-state index < -0.39 is 11.7 Å². The van der Waals surface area contributed by atoms with E-state index in [1.807, 2.05) is 31.2 Å². The van der Waals surface area contributed by atoms with Gasteiger partial charge >= 0.3 is 6.18 Å². The van der Waals surface area contributed by atoms with Gasteiger partial charge in [-0.15, -0.1) is 0 Å². The van der Waals surface area contributed by atoms with Gasteiger partial charge in [0.05, 0.1) is 16.3 Å². The minimum Gasteiger partial charge on any atom is -0.342 e. The lowest BCUT2D eigenvalue weighted by molar-refractivity contribution is -0.138. The van der Waals surface area contributed by atoms with Crippen molar-refractivity contribution in [2.24, 2.45) is 5.92 Å². The zero-order valence-corrected chi connectivity index (χ0v) is 18.3. The molecule has 2 aromatic rings. The third-order valence-corrected chi connectivity index (χ3v) is 6.39. The number of benzene rings is 1. The summed E-state index contributed by atoms with van der Waals surface area (Å²) in [6, 6.07) is 8.35. The standard InChI is InChI=1S/C21H21ClF3N3O2S/c1-13-2-4-16(5-3-13)27-19(30)14-6-8-28(9-7-14)18(29)12-31-20-17(22)10-15(11-26-20)21(23,24)25/h2-5,10-11,14H,6-9,12H2,1H3,(H,27,30). The van der Waals surface area contributed by atoms with E-state index in [4.69, 9.17) is 11.6 Å². The van der Waals surface area contributed by atoms with Crippen LogP contribution < -0.4 is 5.32 Å². The highest BCUT2D eigenvalue weighted by Gasteiger charge is 2.32. The zero-order valence-electron chi connectivity index (χ0n) is 16.7. The molecule has 1 aliphatic heterocycles. The molecular weight excluding hydrogens is 451 g/mol. The number of hydrogen-bond donors (Lipinski definition) is 1. The SMILES string of the molecule is Cc1ccc(NC(=O)C2CCN(C(=O)CSc3ncc(C(F)(F)F)cc3Cl)CC2)cc1. The second kappa shape index (κ2) is 9.91. The van der Waals surface area contributed by atoms with E-state index in [-0.39, 0.29) is 33.5 Å². The van der Waals surface area contributed by atoms with Crippen LogP contribution in [0.4, 0.5) is 18.9 Å². The average molecular weight is 472 g/mol. The molecule has 0 bridgehead atoms. The number of rotatable bonds is 5. The number of anilines is 1. The fourth-order valence-electron chi connectivity index (χ4n) is 3.18. The third-order valence-electron chi connectivity index (χ3n) is 5.00. The Morgan fingerprint density at radius 2 is 1.87 bits per heavy atom. The van der Waals surface area contributed by atoms with Crippen LogP contribution in [0, 0.1) is 12.8 Å². The van der Waals surface area contributed by atoms with Gasteiger partial charge in [0, 0.05) is 30.9 Å². The highest BCUT2D eigenvalue weighted by Crippen LogP contribution is 2.33. The Bertz CT molecular complexity index is 946. The van der Waals surface area contributed by atoms with Gasteiger partial charge in [0.1, 0.15) is 5.03 Å². The minimum atomic E-state index is -4.52. The van der Waals surface area contributed by atoms with Crippen molar-refractivity contribution in [1.82, 2.24) is 9.88 Å². The summed E-state index contributed by atoms with van der Waals surface area (Å²) >= 11 is 6.88. The quantitative estimate of drug-likeness (QED) is 0.621. The van der Waals surface area contributed by atoms with Crippen molar-refractivity contribution < 1.29 is 22.8 Å². The summed E-state index contributed by atoms with van der Waals surface area (Å²) in [5.41, 5.74) is 0.918. The molecule has 1 fully saturated rings. The number of nitrogens with one attached hydrogen (secondary N) is 1. The molecule has 166 valence electrons. The molecule has 10 heteroatoms. The number of amides is 2. The van der Waals surface area contributed by atoms with Crippen LogP contribution in [-0.4, -0.2) is 40.5 Å². The van der Waals surface area contributed by atoms with Gasteiger partial charge in [-0.3, -0.25) is 9.59 Å². The number of hydrogen-bond acceptors (Lipinski definition) is 4. The second-order valence-corrected chi connectivity index (χ2v) is 8.68. The number of halogens is 4. The van der Waals surface area contributed by atoms with Gasteiger partial charge in [0.2, 0.25) is 11.8 Å². The lowest BCUT2D eigenvalue weighted by atomic mass is 9.96. The van der Waals surface area contributed by atoms with Crippen LogP contribution in [0.5, 0.6) is 0 Å². The lowest BCUT2D eigenvalue weighted by Gasteiger charge is -2.31. The maximum absolute atomic E-state index is 12.7. The van der Waals surface area contributed by atoms with Crippen molar-refractivity contribution in [3.63, 3.8) is 0 Å². The van der Waals surface area contributed by atoms with Gasteiger partial charge in [-0.1, -0.05) is 41.1 Å². The summed E-state index contributed by atoms with van der Waals surface area (Å²) < 4.78 is 38.1. The van der Waals surface area contributed by atoms with Crippen molar-refractivity contribution in [2.75, 3.05) is 24.2 Å². The highest BCUT2D eigenvalue weighted by molar-refractivity contribution is 8.00. The van der Waals surface area contributed by atoms with Crippen LogP contribution in [0.2, 0.25) is 5.02 Å². The van der Waals surface area contributed by atoms with Gasteiger partial charge in [-0.2, -0.15) is 13.2 Å². The summed E-state index contributed by atoms with van der Waals surface area (Å²) in [5.74, 6) is -0.395. The molecule has 1 aliphatic rings. The van der Waals surface area contributed by atoms with Gasteiger partial charge < -0.3 is 10.2 Å². The maximum atomic E-state index is 12.7.